The molecule has 1 atom stereocenters. The number of aromatic nitrogens is 1. The number of likely N-dealkylation sites (tertiary alicyclic amines) is 1. The fourth-order valence-corrected chi connectivity index (χ4v) is 4.97. The second-order valence-electron chi connectivity index (χ2n) is 8.91. The lowest BCUT2D eigenvalue weighted by atomic mass is 10.1. The van der Waals surface area contributed by atoms with Gasteiger partial charge in [-0.1, -0.05) is 48.5 Å². The largest absolute Gasteiger partial charge is 0.341 e. The molecule has 3 amide bonds. The summed E-state index contributed by atoms with van der Waals surface area (Å²) in [6, 6.07) is 24.7. The highest BCUT2D eigenvalue weighted by Crippen LogP contribution is 2.31. The lowest BCUT2D eigenvalue weighted by Crippen LogP contribution is -2.47. The van der Waals surface area contributed by atoms with Gasteiger partial charge in [-0.3, -0.25) is 4.79 Å². The third-order valence-corrected chi connectivity index (χ3v) is 6.68. The van der Waals surface area contributed by atoms with Gasteiger partial charge in [0.15, 0.2) is 0 Å². The Hall–Kier alpha value is -4.57. The van der Waals surface area contributed by atoms with Gasteiger partial charge < -0.3 is 20.1 Å². The molecule has 36 heavy (non-hydrogen) atoms. The molecule has 1 aliphatic rings. The van der Waals surface area contributed by atoms with Crippen molar-refractivity contribution >= 4 is 39.4 Å². The van der Waals surface area contributed by atoms with E-state index in [9.17, 15) is 9.59 Å². The van der Waals surface area contributed by atoms with Crippen molar-refractivity contribution in [3.8, 4) is 6.07 Å². The van der Waals surface area contributed by atoms with Crippen molar-refractivity contribution in [3.05, 3.63) is 90.0 Å². The number of rotatable bonds is 5. The number of hydrogen-bond acceptors (Lipinski definition) is 3. The molecule has 0 radical (unpaired) electrons. The van der Waals surface area contributed by atoms with Gasteiger partial charge in [-0.15, -0.1) is 0 Å². The predicted octanol–water partition coefficient (Wildman–Crippen LogP) is 5.19. The Morgan fingerprint density at radius 3 is 2.56 bits per heavy atom. The van der Waals surface area contributed by atoms with Gasteiger partial charge in [0.05, 0.1) is 6.07 Å². The average molecular weight is 478 g/mol. The van der Waals surface area contributed by atoms with E-state index in [2.05, 4.69) is 34.3 Å². The molecule has 0 unspecified atom stereocenters. The number of aryl methyl sites for hydroxylation is 1. The van der Waals surface area contributed by atoms with E-state index in [1.54, 1.807) is 0 Å². The van der Waals surface area contributed by atoms with E-state index < -0.39 is 6.04 Å². The van der Waals surface area contributed by atoms with Gasteiger partial charge >= 0.3 is 6.03 Å². The van der Waals surface area contributed by atoms with Crippen molar-refractivity contribution in [2.45, 2.75) is 32.5 Å². The van der Waals surface area contributed by atoms with Crippen LogP contribution >= 0.6 is 0 Å². The topological polar surface area (TPSA) is 90.2 Å². The van der Waals surface area contributed by atoms with Gasteiger partial charge in [-0.05, 0) is 42.3 Å². The lowest BCUT2D eigenvalue weighted by molar-refractivity contribution is -0.119. The number of nitrogens with one attached hydrogen (secondary N) is 2. The Labute approximate surface area is 209 Å². The molecule has 4 aromatic rings. The van der Waals surface area contributed by atoms with Crippen LogP contribution in [0.1, 0.15) is 18.9 Å². The van der Waals surface area contributed by atoms with Gasteiger partial charge in [0.1, 0.15) is 6.04 Å². The molecule has 7 nitrogen and oxygen atoms in total. The van der Waals surface area contributed by atoms with Crippen LogP contribution in [0.25, 0.3) is 21.8 Å². The zero-order valence-corrected chi connectivity index (χ0v) is 20.1. The first kappa shape index (κ1) is 23.2. The number of carbonyl (C=O) groups excluding carboxylic acids is 2. The minimum Gasteiger partial charge on any atom is -0.341 e. The maximum Gasteiger partial charge on any atom is 0.318 e. The molecule has 180 valence electrons. The SMILES string of the molecule is CCn1c2ccccc2c2cc(NC(=O)[C@@H]3CC(=CC#N)CN3C(=O)NCc3ccccc3)ccc21. The van der Waals surface area contributed by atoms with Crippen LogP contribution in [-0.2, 0) is 17.9 Å². The molecule has 5 rings (SSSR count). The van der Waals surface area contributed by atoms with Crippen LogP contribution in [0.15, 0.2) is 84.4 Å². The second-order valence-corrected chi connectivity index (χ2v) is 8.91. The third-order valence-electron chi connectivity index (χ3n) is 6.68. The van der Waals surface area contributed by atoms with Crippen molar-refractivity contribution in [1.82, 2.24) is 14.8 Å². The number of benzene rings is 3. The minimum atomic E-state index is -0.701. The molecule has 7 heteroatoms. The Morgan fingerprint density at radius 1 is 1.03 bits per heavy atom. The molecule has 3 aromatic carbocycles. The van der Waals surface area contributed by atoms with Crippen LogP contribution in [-0.4, -0.2) is 34.0 Å². The number of urea groups is 1. The van der Waals surface area contributed by atoms with Crippen LogP contribution in [0.2, 0.25) is 0 Å². The Bertz CT molecular complexity index is 1510. The Morgan fingerprint density at radius 2 is 1.78 bits per heavy atom. The monoisotopic (exact) mass is 477 g/mol. The molecule has 1 aliphatic heterocycles. The molecular formula is C29H27N5O2. The first-order valence-corrected chi connectivity index (χ1v) is 12.1. The fourth-order valence-electron chi connectivity index (χ4n) is 4.97. The maximum atomic E-state index is 13.4. The number of fused-ring (bicyclic) bond motifs is 3. The predicted molar refractivity (Wildman–Crippen MR) is 141 cm³/mol. The van der Waals surface area contributed by atoms with E-state index in [-0.39, 0.29) is 18.5 Å². The molecule has 1 fully saturated rings. The highest BCUT2D eigenvalue weighted by Gasteiger charge is 2.36. The van der Waals surface area contributed by atoms with Gasteiger partial charge in [-0.2, -0.15) is 5.26 Å². The minimum absolute atomic E-state index is 0.245. The first-order valence-electron chi connectivity index (χ1n) is 12.1. The lowest BCUT2D eigenvalue weighted by Gasteiger charge is -2.24. The molecule has 0 spiro atoms. The number of nitrogens with zero attached hydrogens (tertiary/aromatic N) is 3. The van der Waals surface area contributed by atoms with Crippen molar-refractivity contribution in [3.63, 3.8) is 0 Å². The van der Waals surface area contributed by atoms with Gasteiger partial charge in [-0.25, -0.2) is 4.79 Å². The molecule has 1 saturated heterocycles. The summed E-state index contributed by atoms with van der Waals surface area (Å²) in [6.45, 7) is 3.57. The van der Waals surface area contributed by atoms with Crippen molar-refractivity contribution in [1.29, 1.82) is 5.26 Å². The van der Waals surface area contributed by atoms with Crippen molar-refractivity contribution < 1.29 is 9.59 Å². The number of nitriles is 1. The Balaban J connectivity index is 1.37. The van der Waals surface area contributed by atoms with Crippen LogP contribution in [0.5, 0.6) is 0 Å². The summed E-state index contributed by atoms with van der Waals surface area (Å²) in [6.07, 6.45) is 1.76. The van der Waals surface area contributed by atoms with Gasteiger partial charge in [0, 0.05) is 59.6 Å². The highest BCUT2D eigenvalue weighted by molar-refractivity contribution is 6.10. The van der Waals surface area contributed by atoms with Crippen molar-refractivity contribution in [2.24, 2.45) is 0 Å². The van der Waals surface area contributed by atoms with Crippen LogP contribution in [0.3, 0.4) is 0 Å². The number of anilines is 1. The average Bonchev–Trinajstić information content (AvgIpc) is 3.47. The van der Waals surface area contributed by atoms with E-state index in [1.807, 2.05) is 66.7 Å². The van der Waals surface area contributed by atoms with Crippen molar-refractivity contribution in [2.75, 3.05) is 11.9 Å². The fraction of sp³-hybridized carbons (Fsp3) is 0.207. The summed E-state index contributed by atoms with van der Waals surface area (Å²) in [5, 5.41) is 17.2. The smallest absolute Gasteiger partial charge is 0.318 e. The third kappa shape index (κ3) is 4.41. The summed E-state index contributed by atoms with van der Waals surface area (Å²) in [5.41, 5.74) is 4.67. The zero-order valence-electron chi connectivity index (χ0n) is 20.1. The summed E-state index contributed by atoms with van der Waals surface area (Å²) >= 11 is 0. The molecular weight excluding hydrogens is 450 g/mol. The molecule has 0 aliphatic carbocycles. The number of carbonyl (C=O) groups is 2. The van der Waals surface area contributed by atoms with Crippen LogP contribution in [0.4, 0.5) is 10.5 Å². The Kier molecular flexibility index (Phi) is 6.42. The molecule has 1 aromatic heterocycles. The normalized spacial score (nSPS) is 16.4. The quantitative estimate of drug-likeness (QED) is 0.388. The molecule has 0 saturated carbocycles. The van der Waals surface area contributed by atoms with Gasteiger partial charge in [0.25, 0.3) is 0 Å². The second kappa shape index (κ2) is 9.96. The van der Waals surface area contributed by atoms with E-state index in [0.717, 1.165) is 39.5 Å². The maximum absolute atomic E-state index is 13.4. The summed E-state index contributed by atoms with van der Waals surface area (Å²) in [5.74, 6) is -0.273. The standard InChI is InChI=1S/C29H27N5O2/c1-2-33-25-11-7-6-10-23(25)24-17-22(12-13-26(24)33)32-28(35)27-16-21(14-15-30)19-34(27)29(36)31-18-20-8-4-3-5-9-20/h3-14,17,27H,2,16,18-19H2,1H3,(H,31,36)(H,32,35)/t27-/m0/s1. The zero-order chi connectivity index (χ0) is 25.1. The molecule has 2 N–H and O–H groups in total. The van der Waals surface area contributed by atoms with E-state index in [0.29, 0.717) is 18.7 Å². The number of amides is 3. The number of hydrogen-bond donors (Lipinski definition) is 2. The van der Waals surface area contributed by atoms with E-state index >= 15 is 0 Å². The number of allylic oxidation sites excluding steroid dienone is 1. The first-order chi connectivity index (χ1) is 17.6. The molecule has 2 heterocycles. The summed E-state index contributed by atoms with van der Waals surface area (Å²) in [4.78, 5) is 27.9. The van der Waals surface area contributed by atoms with Crippen LogP contribution in [0, 0.1) is 11.3 Å². The summed E-state index contributed by atoms with van der Waals surface area (Å²) < 4.78 is 2.25. The summed E-state index contributed by atoms with van der Waals surface area (Å²) in [7, 11) is 0. The molecule has 0 bridgehead atoms. The van der Waals surface area contributed by atoms with E-state index in [1.165, 1.54) is 11.0 Å². The van der Waals surface area contributed by atoms with Gasteiger partial charge in [0.2, 0.25) is 5.91 Å². The number of para-hydroxylation sites is 1. The van der Waals surface area contributed by atoms with Crippen LogP contribution < -0.4 is 10.6 Å². The van der Waals surface area contributed by atoms with E-state index in [4.69, 9.17) is 5.26 Å². The highest BCUT2D eigenvalue weighted by atomic mass is 16.2.